The third-order valence-electron chi connectivity index (χ3n) is 4.87. The van der Waals surface area contributed by atoms with Gasteiger partial charge in [0, 0.05) is 45.9 Å². The van der Waals surface area contributed by atoms with Crippen LogP contribution in [0.1, 0.15) is 35.8 Å². The fourth-order valence-corrected chi connectivity index (χ4v) is 2.93. The zero-order chi connectivity index (χ0) is 22.6. The summed E-state index contributed by atoms with van der Waals surface area (Å²) in [5, 5.41) is 7.07. The Labute approximate surface area is 182 Å². The maximum absolute atomic E-state index is 12.8. The van der Waals surface area contributed by atoms with Gasteiger partial charge in [-0.2, -0.15) is 0 Å². The van der Waals surface area contributed by atoms with Crippen LogP contribution in [-0.2, 0) is 16.0 Å². The van der Waals surface area contributed by atoms with Crippen LogP contribution in [0.25, 0.3) is 0 Å². The number of aromatic nitrogens is 2. The number of benzene rings is 1. The largest absolute Gasteiger partial charge is 0.354 e. The lowest BCUT2D eigenvalue weighted by Crippen LogP contribution is -2.48. The summed E-state index contributed by atoms with van der Waals surface area (Å²) >= 11 is 0. The minimum Gasteiger partial charge on any atom is -0.354 e. The van der Waals surface area contributed by atoms with Gasteiger partial charge in [-0.25, -0.2) is 10.4 Å². The van der Waals surface area contributed by atoms with Gasteiger partial charge in [0.05, 0.1) is 6.20 Å². The van der Waals surface area contributed by atoms with Gasteiger partial charge < -0.3 is 10.6 Å². The van der Waals surface area contributed by atoms with Gasteiger partial charge in [-0.3, -0.25) is 24.4 Å². The first kappa shape index (κ1) is 23.9. The fourth-order valence-electron chi connectivity index (χ4n) is 2.93. The number of nitrogens with zero attached hydrogens (tertiary/aromatic N) is 3. The third kappa shape index (κ3) is 8.13. The lowest BCUT2D eigenvalue weighted by atomic mass is 10.0. The fraction of sp³-hybridized carbons (Fsp3) is 0.409. The minimum atomic E-state index is -0.760. The molecule has 9 nitrogen and oxygen atoms in total. The second-order valence-corrected chi connectivity index (χ2v) is 7.37. The SMILES string of the molecule is CNN(C)C(=O)CC(C)CCNC(=O)C(Cc1ccccc1)NC(=O)c1cnccn1. The van der Waals surface area contributed by atoms with Gasteiger partial charge in [-0.15, -0.1) is 0 Å². The average molecular weight is 427 g/mol. The van der Waals surface area contributed by atoms with E-state index < -0.39 is 11.9 Å². The summed E-state index contributed by atoms with van der Waals surface area (Å²) in [7, 11) is 3.36. The van der Waals surface area contributed by atoms with Crippen molar-refractivity contribution in [2.75, 3.05) is 20.6 Å². The van der Waals surface area contributed by atoms with Gasteiger partial charge in [-0.05, 0) is 17.9 Å². The maximum atomic E-state index is 12.8. The summed E-state index contributed by atoms with van der Waals surface area (Å²) in [6.07, 6.45) is 5.63. The van der Waals surface area contributed by atoms with Crippen LogP contribution in [0.4, 0.5) is 0 Å². The quantitative estimate of drug-likeness (QED) is 0.461. The maximum Gasteiger partial charge on any atom is 0.272 e. The molecular weight excluding hydrogens is 396 g/mol. The predicted octanol–water partition coefficient (Wildman–Crippen LogP) is 0.943. The van der Waals surface area contributed by atoms with Crippen molar-refractivity contribution in [2.24, 2.45) is 5.92 Å². The number of hydrogen-bond donors (Lipinski definition) is 3. The van der Waals surface area contributed by atoms with Gasteiger partial charge in [0.2, 0.25) is 11.8 Å². The molecule has 1 aromatic carbocycles. The minimum absolute atomic E-state index is 0.0143. The topological polar surface area (TPSA) is 116 Å². The van der Waals surface area contributed by atoms with Crippen molar-refractivity contribution in [1.29, 1.82) is 0 Å². The molecule has 3 amide bonds. The molecule has 1 aromatic heterocycles. The Bertz CT molecular complexity index is 847. The lowest BCUT2D eigenvalue weighted by molar-refractivity contribution is -0.133. The van der Waals surface area contributed by atoms with Crippen LogP contribution in [0.5, 0.6) is 0 Å². The molecule has 2 unspecified atom stereocenters. The standard InChI is InChI=1S/C22H30N6O3/c1-16(13-20(29)28(3)23-2)9-10-26-21(30)18(14-17-7-5-4-6-8-17)27-22(31)19-15-24-11-12-25-19/h4-8,11-12,15-16,18,23H,9-10,13-14H2,1-3H3,(H,26,30)(H,27,31). The van der Waals surface area contributed by atoms with Crippen LogP contribution in [0.2, 0.25) is 0 Å². The van der Waals surface area contributed by atoms with Crippen molar-refractivity contribution < 1.29 is 14.4 Å². The van der Waals surface area contributed by atoms with Crippen LogP contribution in [0.15, 0.2) is 48.9 Å². The second kappa shape index (κ2) is 12.4. The number of rotatable bonds is 11. The van der Waals surface area contributed by atoms with Crippen molar-refractivity contribution in [1.82, 2.24) is 31.0 Å². The number of amides is 3. The zero-order valence-electron chi connectivity index (χ0n) is 18.2. The number of nitrogens with one attached hydrogen (secondary N) is 3. The first-order valence-electron chi connectivity index (χ1n) is 10.2. The van der Waals surface area contributed by atoms with Crippen LogP contribution in [-0.4, -0.2) is 59.4 Å². The van der Waals surface area contributed by atoms with Gasteiger partial charge >= 0.3 is 0 Å². The molecule has 3 N–H and O–H groups in total. The second-order valence-electron chi connectivity index (χ2n) is 7.37. The molecule has 0 aliphatic rings. The molecule has 1 heterocycles. The van der Waals surface area contributed by atoms with Gasteiger partial charge in [0.1, 0.15) is 11.7 Å². The number of hydrazine groups is 1. The summed E-state index contributed by atoms with van der Waals surface area (Å²) in [4.78, 5) is 45.2. The number of carbonyl (C=O) groups excluding carboxylic acids is 3. The van der Waals surface area contributed by atoms with Crippen LogP contribution < -0.4 is 16.1 Å². The Morgan fingerprint density at radius 1 is 1.13 bits per heavy atom. The first-order chi connectivity index (χ1) is 14.9. The van der Waals surface area contributed by atoms with Crippen LogP contribution in [0.3, 0.4) is 0 Å². The molecule has 0 saturated carbocycles. The van der Waals surface area contributed by atoms with E-state index in [9.17, 15) is 14.4 Å². The third-order valence-corrected chi connectivity index (χ3v) is 4.87. The Morgan fingerprint density at radius 3 is 2.52 bits per heavy atom. The van der Waals surface area contributed by atoms with E-state index in [1.807, 2.05) is 37.3 Å². The van der Waals surface area contributed by atoms with Crippen LogP contribution in [0, 0.1) is 5.92 Å². The highest BCUT2D eigenvalue weighted by Crippen LogP contribution is 2.09. The molecule has 0 spiro atoms. The summed E-state index contributed by atoms with van der Waals surface area (Å²) in [6.45, 7) is 2.37. The van der Waals surface area contributed by atoms with E-state index in [4.69, 9.17) is 0 Å². The number of hydrogen-bond acceptors (Lipinski definition) is 6. The summed E-state index contributed by atoms with van der Waals surface area (Å²) in [5.41, 5.74) is 3.85. The monoisotopic (exact) mass is 426 g/mol. The Kier molecular flexibility index (Phi) is 9.57. The van der Waals surface area contributed by atoms with Gasteiger partial charge in [0.15, 0.2) is 0 Å². The lowest BCUT2D eigenvalue weighted by Gasteiger charge is -2.20. The smallest absolute Gasteiger partial charge is 0.272 e. The highest BCUT2D eigenvalue weighted by Gasteiger charge is 2.23. The molecule has 0 saturated heterocycles. The summed E-state index contributed by atoms with van der Waals surface area (Å²) in [5.74, 6) is -0.657. The van der Waals surface area contributed by atoms with E-state index in [1.54, 1.807) is 14.1 Å². The van der Waals surface area contributed by atoms with E-state index in [0.717, 1.165) is 5.56 Å². The first-order valence-corrected chi connectivity index (χ1v) is 10.2. The molecule has 0 fully saturated rings. The van der Waals surface area contributed by atoms with Gasteiger partial charge in [0.25, 0.3) is 5.91 Å². The van der Waals surface area contributed by atoms with Crippen LogP contribution >= 0.6 is 0 Å². The molecule has 31 heavy (non-hydrogen) atoms. The van der Waals surface area contributed by atoms with E-state index in [1.165, 1.54) is 23.6 Å². The molecule has 2 aromatic rings. The molecule has 9 heteroatoms. The molecule has 0 aliphatic carbocycles. The summed E-state index contributed by atoms with van der Waals surface area (Å²) < 4.78 is 0. The van der Waals surface area contributed by atoms with E-state index in [2.05, 4.69) is 26.0 Å². The van der Waals surface area contributed by atoms with Crippen molar-refractivity contribution in [3.8, 4) is 0 Å². The van der Waals surface area contributed by atoms with Crippen molar-refractivity contribution >= 4 is 17.7 Å². The Hall–Kier alpha value is -3.33. The normalized spacial score (nSPS) is 12.5. The van der Waals surface area contributed by atoms with Crippen molar-refractivity contribution in [2.45, 2.75) is 32.2 Å². The Balaban J connectivity index is 1.94. The zero-order valence-corrected chi connectivity index (χ0v) is 18.2. The van der Waals surface area contributed by atoms with Crippen molar-refractivity contribution in [3.05, 3.63) is 60.2 Å². The predicted molar refractivity (Wildman–Crippen MR) is 117 cm³/mol. The molecule has 166 valence electrons. The van der Waals surface area contributed by atoms with E-state index in [-0.39, 0.29) is 23.4 Å². The molecule has 2 rings (SSSR count). The van der Waals surface area contributed by atoms with Gasteiger partial charge in [-0.1, -0.05) is 37.3 Å². The van der Waals surface area contributed by atoms with E-state index in [0.29, 0.717) is 25.8 Å². The Morgan fingerprint density at radius 2 is 1.87 bits per heavy atom. The van der Waals surface area contributed by atoms with E-state index >= 15 is 0 Å². The highest BCUT2D eigenvalue weighted by atomic mass is 16.2. The molecule has 0 aliphatic heterocycles. The average Bonchev–Trinajstić information content (AvgIpc) is 2.79. The summed E-state index contributed by atoms with van der Waals surface area (Å²) in [6, 6.07) is 8.71. The number of carbonyl (C=O) groups is 3. The molecule has 0 radical (unpaired) electrons. The van der Waals surface area contributed by atoms with Crippen molar-refractivity contribution in [3.63, 3.8) is 0 Å². The molecule has 2 atom stereocenters. The highest BCUT2D eigenvalue weighted by molar-refractivity contribution is 5.96. The molecular formula is C22H30N6O3. The molecule has 0 bridgehead atoms.